The number of hydrogen-bond donors (Lipinski definition) is 0. The van der Waals surface area contributed by atoms with E-state index in [-0.39, 0.29) is 22.6 Å². The van der Waals surface area contributed by atoms with E-state index in [9.17, 15) is 14.4 Å². The number of carbonyl (C=O) groups is 3. The van der Waals surface area contributed by atoms with Crippen molar-refractivity contribution in [3.05, 3.63) is 11.3 Å². The minimum absolute atomic E-state index is 0.0106. The van der Waals surface area contributed by atoms with Crippen molar-refractivity contribution in [1.29, 1.82) is 0 Å². The van der Waals surface area contributed by atoms with E-state index in [1.54, 1.807) is 0 Å². The van der Waals surface area contributed by atoms with Crippen LogP contribution in [0.2, 0.25) is 0 Å². The molecule has 4 aliphatic carbocycles. The van der Waals surface area contributed by atoms with Crippen LogP contribution in [0.25, 0.3) is 0 Å². The monoisotopic (exact) mass is 400 g/mol. The molecule has 5 atom stereocenters. The number of ether oxygens (including phenoxy) is 1. The normalized spacial score (nSPS) is 39.1. The van der Waals surface area contributed by atoms with Crippen molar-refractivity contribution in [1.82, 2.24) is 0 Å². The maximum absolute atomic E-state index is 12.7. The van der Waals surface area contributed by atoms with Crippen LogP contribution in [0.3, 0.4) is 0 Å². The van der Waals surface area contributed by atoms with Crippen LogP contribution in [0, 0.1) is 28.6 Å². The molecule has 0 saturated heterocycles. The summed E-state index contributed by atoms with van der Waals surface area (Å²) < 4.78 is 5.73. The Labute approximate surface area is 174 Å². The third-order valence-corrected chi connectivity index (χ3v) is 8.98. The molecule has 0 aromatic heterocycles. The minimum atomic E-state index is -0.252. The Balaban J connectivity index is 1.59. The van der Waals surface area contributed by atoms with Crippen LogP contribution in [0.15, 0.2) is 11.3 Å². The lowest BCUT2D eigenvalue weighted by Gasteiger charge is -2.57. The lowest BCUT2D eigenvalue weighted by molar-refractivity contribution is -0.144. The molecule has 0 aromatic carbocycles. The Bertz CT molecular complexity index is 750. The second-order valence-electron chi connectivity index (χ2n) is 10.4. The maximum atomic E-state index is 12.7. The summed E-state index contributed by atoms with van der Waals surface area (Å²) in [7, 11) is 0. The van der Waals surface area contributed by atoms with E-state index in [1.807, 2.05) is 0 Å². The van der Waals surface area contributed by atoms with E-state index in [0.717, 1.165) is 69.8 Å². The number of Topliss-reactive ketones (excluding diaryl/α,β-unsaturated/α-hetero) is 2. The first kappa shape index (κ1) is 20.8. The number of ketones is 2. The van der Waals surface area contributed by atoms with Gasteiger partial charge in [-0.1, -0.05) is 33.6 Å². The van der Waals surface area contributed by atoms with Crippen molar-refractivity contribution in [3.63, 3.8) is 0 Å². The zero-order chi connectivity index (χ0) is 20.8. The first-order valence-electron chi connectivity index (χ1n) is 11.8. The third kappa shape index (κ3) is 3.31. The van der Waals surface area contributed by atoms with Gasteiger partial charge in [-0.05, 0) is 73.7 Å². The smallest absolute Gasteiger partial charge is 0.311 e. The highest BCUT2D eigenvalue weighted by Crippen LogP contribution is 2.65. The zero-order valence-corrected chi connectivity index (χ0v) is 18.4. The molecular formula is C25H36O4. The molecule has 160 valence electrons. The molecule has 0 unspecified atom stereocenters. The zero-order valence-electron chi connectivity index (χ0n) is 18.4. The van der Waals surface area contributed by atoms with E-state index < -0.39 is 0 Å². The standard InChI is InChI=1S/C25H36O4/c1-4-5-6-7-22(28)29-23-19-9-8-16-17-10-11-21(27)25(17,3)14-12-18(16)24(19,2)15-13-20(23)26/h16-18H,4-15H2,1-3H3/t16-,17-,18-,24+,25-/m0/s1. The van der Waals surface area contributed by atoms with Crippen LogP contribution in [0.4, 0.5) is 0 Å². The van der Waals surface area contributed by atoms with Crippen molar-refractivity contribution in [3.8, 4) is 0 Å². The second kappa shape index (κ2) is 7.67. The SMILES string of the molecule is CCCCCC(=O)OC1=C2CC[C@@H]3[C@H](CC[C@]4(C)C(=O)CC[C@@H]34)[C@@]2(C)CCC1=O. The summed E-state index contributed by atoms with van der Waals surface area (Å²) in [5.41, 5.74) is 0.910. The average Bonchev–Trinajstić information content (AvgIpc) is 2.99. The van der Waals surface area contributed by atoms with Gasteiger partial charge in [0.05, 0.1) is 0 Å². The fourth-order valence-corrected chi connectivity index (χ4v) is 7.24. The van der Waals surface area contributed by atoms with Crippen LogP contribution >= 0.6 is 0 Å². The Morgan fingerprint density at radius 2 is 1.72 bits per heavy atom. The quantitative estimate of drug-likeness (QED) is 0.449. The molecule has 3 saturated carbocycles. The molecular weight excluding hydrogens is 364 g/mol. The predicted molar refractivity (Wildman–Crippen MR) is 111 cm³/mol. The summed E-state index contributed by atoms with van der Waals surface area (Å²) in [4.78, 5) is 37.7. The fraction of sp³-hybridized carbons (Fsp3) is 0.800. The van der Waals surface area contributed by atoms with Gasteiger partial charge >= 0.3 is 5.97 Å². The highest BCUT2D eigenvalue weighted by molar-refractivity contribution is 5.97. The largest absolute Gasteiger partial charge is 0.423 e. The third-order valence-electron chi connectivity index (χ3n) is 8.98. The number of hydrogen-bond acceptors (Lipinski definition) is 4. The molecule has 3 fully saturated rings. The average molecular weight is 401 g/mol. The van der Waals surface area contributed by atoms with Crippen molar-refractivity contribution < 1.29 is 19.1 Å². The molecule has 0 aliphatic heterocycles. The highest BCUT2D eigenvalue weighted by atomic mass is 16.5. The number of fused-ring (bicyclic) bond motifs is 5. The summed E-state index contributed by atoms with van der Waals surface area (Å²) in [5.74, 6) is 2.16. The van der Waals surface area contributed by atoms with Gasteiger partial charge in [0, 0.05) is 24.7 Å². The summed E-state index contributed by atoms with van der Waals surface area (Å²) in [5, 5.41) is 0. The Kier molecular flexibility index (Phi) is 5.50. The van der Waals surface area contributed by atoms with Gasteiger partial charge in [0.15, 0.2) is 11.5 Å². The summed E-state index contributed by atoms with van der Waals surface area (Å²) >= 11 is 0. The first-order chi connectivity index (χ1) is 13.8. The van der Waals surface area contributed by atoms with Gasteiger partial charge in [-0.2, -0.15) is 0 Å². The van der Waals surface area contributed by atoms with Crippen molar-refractivity contribution in [2.45, 2.75) is 97.8 Å². The molecule has 4 aliphatic rings. The molecule has 0 N–H and O–H groups in total. The summed E-state index contributed by atoms with van der Waals surface area (Å²) in [6.07, 6.45) is 10.3. The Morgan fingerprint density at radius 3 is 2.48 bits per heavy atom. The molecule has 4 rings (SSSR count). The lowest BCUT2D eigenvalue weighted by Crippen LogP contribution is -2.51. The summed E-state index contributed by atoms with van der Waals surface area (Å²) in [6.45, 7) is 6.61. The molecule has 0 spiro atoms. The molecule has 0 radical (unpaired) electrons. The van der Waals surface area contributed by atoms with Crippen molar-refractivity contribution in [2.24, 2.45) is 28.6 Å². The van der Waals surface area contributed by atoms with Gasteiger partial charge in [-0.3, -0.25) is 14.4 Å². The second-order valence-corrected chi connectivity index (χ2v) is 10.4. The van der Waals surface area contributed by atoms with Crippen LogP contribution < -0.4 is 0 Å². The Hall–Kier alpha value is -1.45. The number of unbranched alkanes of at least 4 members (excludes halogenated alkanes) is 2. The van der Waals surface area contributed by atoms with E-state index >= 15 is 0 Å². The van der Waals surface area contributed by atoms with E-state index in [0.29, 0.717) is 42.1 Å². The molecule has 0 aromatic rings. The maximum Gasteiger partial charge on any atom is 0.311 e. The van der Waals surface area contributed by atoms with Crippen LogP contribution in [-0.4, -0.2) is 17.5 Å². The van der Waals surface area contributed by atoms with Crippen molar-refractivity contribution in [2.75, 3.05) is 0 Å². The summed E-state index contributed by atoms with van der Waals surface area (Å²) in [6, 6.07) is 0. The number of allylic oxidation sites excluding steroid dienone is 1. The number of carbonyl (C=O) groups excluding carboxylic acids is 3. The highest BCUT2D eigenvalue weighted by Gasteiger charge is 2.59. The minimum Gasteiger partial charge on any atom is -0.423 e. The van der Waals surface area contributed by atoms with Gasteiger partial charge in [0.1, 0.15) is 5.78 Å². The van der Waals surface area contributed by atoms with Crippen LogP contribution in [0.1, 0.15) is 97.8 Å². The first-order valence-corrected chi connectivity index (χ1v) is 11.8. The molecule has 4 heteroatoms. The predicted octanol–water partition coefficient (Wildman–Crippen LogP) is 5.54. The molecule has 0 amide bonds. The molecule has 29 heavy (non-hydrogen) atoms. The molecule has 0 heterocycles. The van der Waals surface area contributed by atoms with E-state index in [4.69, 9.17) is 4.74 Å². The number of rotatable bonds is 5. The fourth-order valence-electron chi connectivity index (χ4n) is 7.24. The van der Waals surface area contributed by atoms with E-state index in [2.05, 4.69) is 20.8 Å². The molecule has 0 bridgehead atoms. The van der Waals surface area contributed by atoms with Gasteiger partial charge in [-0.25, -0.2) is 0 Å². The van der Waals surface area contributed by atoms with Crippen molar-refractivity contribution >= 4 is 17.5 Å². The Morgan fingerprint density at radius 1 is 0.966 bits per heavy atom. The van der Waals surface area contributed by atoms with Crippen LogP contribution in [0.5, 0.6) is 0 Å². The van der Waals surface area contributed by atoms with E-state index in [1.165, 1.54) is 0 Å². The van der Waals surface area contributed by atoms with Gasteiger partial charge in [0.25, 0.3) is 0 Å². The van der Waals surface area contributed by atoms with Crippen LogP contribution in [-0.2, 0) is 19.1 Å². The molecule has 4 nitrogen and oxygen atoms in total. The topological polar surface area (TPSA) is 60.4 Å². The van der Waals surface area contributed by atoms with Gasteiger partial charge in [0.2, 0.25) is 0 Å². The van der Waals surface area contributed by atoms with Gasteiger partial charge < -0.3 is 4.74 Å². The number of esters is 1. The lowest BCUT2D eigenvalue weighted by atomic mass is 9.47. The van der Waals surface area contributed by atoms with Gasteiger partial charge in [-0.15, -0.1) is 0 Å².